The summed E-state index contributed by atoms with van der Waals surface area (Å²) >= 11 is 9.31. The Balaban J connectivity index is 1.66. The minimum absolute atomic E-state index is 0.193. The Hall–Kier alpha value is -2.35. The lowest BCUT2D eigenvalue weighted by atomic mass is 10.1. The molecule has 2 aromatic heterocycles. The Bertz CT molecular complexity index is 1240. The number of anilines is 1. The van der Waals surface area contributed by atoms with E-state index in [0.29, 0.717) is 10.7 Å². The molecule has 4 rings (SSSR count). The zero-order valence-electron chi connectivity index (χ0n) is 13.8. The number of aromatic nitrogens is 2. The second-order valence-corrected chi connectivity index (χ2v) is 8.91. The molecule has 0 bridgehead atoms. The summed E-state index contributed by atoms with van der Waals surface area (Å²) < 4.78 is 30.4. The molecule has 0 fully saturated rings. The molecule has 0 aliphatic carbocycles. The number of sulfonamides is 1. The van der Waals surface area contributed by atoms with Gasteiger partial charge in [-0.1, -0.05) is 39.7 Å². The van der Waals surface area contributed by atoms with E-state index in [1.807, 2.05) is 22.7 Å². The second-order valence-electron chi connectivity index (χ2n) is 5.88. The van der Waals surface area contributed by atoms with Crippen molar-refractivity contribution in [1.82, 2.24) is 9.38 Å². The van der Waals surface area contributed by atoms with E-state index in [9.17, 15) is 8.42 Å². The summed E-state index contributed by atoms with van der Waals surface area (Å²) in [7, 11) is -3.67. The van der Waals surface area contributed by atoms with Gasteiger partial charge in [-0.15, -0.1) is 0 Å². The Morgan fingerprint density at radius 1 is 1.00 bits per heavy atom. The van der Waals surface area contributed by atoms with Crippen molar-refractivity contribution in [3.63, 3.8) is 0 Å². The highest BCUT2D eigenvalue weighted by atomic mass is 79.9. The number of rotatable bonds is 4. The van der Waals surface area contributed by atoms with Gasteiger partial charge >= 0.3 is 0 Å². The van der Waals surface area contributed by atoms with Crippen molar-refractivity contribution in [3.05, 3.63) is 82.6 Å². The smallest absolute Gasteiger partial charge is 0.261 e. The first-order valence-corrected chi connectivity index (χ1v) is 10.6. The van der Waals surface area contributed by atoms with Gasteiger partial charge in [0.25, 0.3) is 10.0 Å². The van der Waals surface area contributed by atoms with E-state index in [1.54, 1.807) is 54.7 Å². The summed E-state index contributed by atoms with van der Waals surface area (Å²) in [6.07, 6.45) is 3.62. The summed E-state index contributed by atoms with van der Waals surface area (Å²) in [6, 6.07) is 17.2. The molecule has 0 aliphatic heterocycles. The van der Waals surface area contributed by atoms with E-state index in [2.05, 4.69) is 25.6 Å². The molecule has 27 heavy (non-hydrogen) atoms. The van der Waals surface area contributed by atoms with Crippen LogP contribution in [0.2, 0.25) is 5.02 Å². The van der Waals surface area contributed by atoms with Gasteiger partial charge in [-0.3, -0.25) is 4.72 Å². The highest BCUT2D eigenvalue weighted by Gasteiger charge is 2.14. The van der Waals surface area contributed by atoms with E-state index in [0.717, 1.165) is 21.4 Å². The van der Waals surface area contributed by atoms with Crippen LogP contribution in [0.15, 0.2) is 82.4 Å². The minimum Gasteiger partial charge on any atom is -0.305 e. The Morgan fingerprint density at radius 3 is 2.56 bits per heavy atom. The monoisotopic (exact) mass is 461 g/mol. The molecule has 0 atom stereocenters. The van der Waals surface area contributed by atoms with Crippen molar-refractivity contribution in [3.8, 4) is 11.3 Å². The fraction of sp³-hybridized carbons (Fsp3) is 0. The quantitative estimate of drug-likeness (QED) is 0.452. The fourth-order valence-electron chi connectivity index (χ4n) is 2.67. The molecule has 4 aromatic rings. The van der Waals surface area contributed by atoms with Crippen LogP contribution in [0.25, 0.3) is 16.9 Å². The van der Waals surface area contributed by atoms with Gasteiger partial charge < -0.3 is 4.40 Å². The molecule has 5 nitrogen and oxygen atoms in total. The first kappa shape index (κ1) is 18.0. The number of imidazole rings is 1. The maximum Gasteiger partial charge on any atom is 0.261 e. The minimum atomic E-state index is -3.67. The number of nitrogens with zero attached hydrogens (tertiary/aromatic N) is 2. The van der Waals surface area contributed by atoms with Crippen molar-refractivity contribution in [2.45, 2.75) is 4.90 Å². The summed E-state index contributed by atoms with van der Waals surface area (Å²) in [4.78, 5) is 4.74. The molecule has 0 radical (unpaired) electrons. The number of hydrogen-bond donors (Lipinski definition) is 1. The van der Waals surface area contributed by atoms with Crippen molar-refractivity contribution in [2.75, 3.05) is 4.72 Å². The molecule has 0 saturated heterocycles. The zero-order chi connectivity index (χ0) is 19.0. The average molecular weight is 463 g/mol. The number of hydrogen-bond acceptors (Lipinski definition) is 3. The third-order valence-corrected chi connectivity index (χ3v) is 6.10. The normalized spacial score (nSPS) is 11.6. The number of benzene rings is 2. The van der Waals surface area contributed by atoms with E-state index in [1.165, 1.54) is 0 Å². The Morgan fingerprint density at radius 2 is 1.78 bits per heavy atom. The molecule has 1 N–H and O–H groups in total. The molecular weight excluding hydrogens is 450 g/mol. The van der Waals surface area contributed by atoms with Gasteiger partial charge in [0.15, 0.2) is 0 Å². The SMILES string of the molecule is O=S(=O)(Nc1cccc(-c2cn3cc(Cl)ccc3n2)c1)c1ccc(Br)cc1. The van der Waals surface area contributed by atoms with Crippen molar-refractivity contribution >= 4 is 48.9 Å². The topological polar surface area (TPSA) is 63.5 Å². The highest BCUT2D eigenvalue weighted by molar-refractivity contribution is 9.10. The molecule has 136 valence electrons. The molecular formula is C19H13BrClN3O2S. The molecule has 0 unspecified atom stereocenters. The van der Waals surface area contributed by atoms with Gasteiger partial charge in [-0.05, 0) is 48.5 Å². The largest absolute Gasteiger partial charge is 0.305 e. The summed E-state index contributed by atoms with van der Waals surface area (Å²) in [5, 5.41) is 0.613. The predicted molar refractivity (Wildman–Crippen MR) is 111 cm³/mol. The third kappa shape index (κ3) is 3.85. The molecule has 2 aromatic carbocycles. The first-order valence-electron chi connectivity index (χ1n) is 7.94. The lowest BCUT2D eigenvalue weighted by Crippen LogP contribution is -2.12. The molecule has 2 heterocycles. The predicted octanol–water partition coefficient (Wildman–Crippen LogP) is 5.22. The maximum atomic E-state index is 12.6. The summed E-state index contributed by atoms with van der Waals surface area (Å²) in [5.41, 5.74) is 2.74. The van der Waals surface area contributed by atoms with Gasteiger partial charge in [-0.2, -0.15) is 0 Å². The Labute approximate surface area is 169 Å². The summed E-state index contributed by atoms with van der Waals surface area (Å²) in [6.45, 7) is 0. The first-order chi connectivity index (χ1) is 12.9. The number of halogens is 2. The van der Waals surface area contributed by atoms with Crippen molar-refractivity contribution in [1.29, 1.82) is 0 Å². The standard InChI is InChI=1S/C19H13BrClN3O2S/c20-14-4-7-17(8-5-14)27(25,26)23-16-3-1-2-13(10-16)18-12-24-11-15(21)6-9-19(24)22-18/h1-12,23H. The number of pyridine rings is 1. The lowest BCUT2D eigenvalue weighted by Gasteiger charge is -2.09. The molecule has 0 spiro atoms. The molecule has 0 saturated carbocycles. The van der Waals surface area contributed by atoms with Gasteiger partial charge in [0.2, 0.25) is 0 Å². The van der Waals surface area contributed by atoms with Gasteiger partial charge in [0.05, 0.1) is 15.6 Å². The summed E-state index contributed by atoms with van der Waals surface area (Å²) in [5.74, 6) is 0. The van der Waals surface area contributed by atoms with Crippen LogP contribution in [-0.4, -0.2) is 17.8 Å². The van der Waals surface area contributed by atoms with Crippen LogP contribution >= 0.6 is 27.5 Å². The van der Waals surface area contributed by atoms with E-state index in [-0.39, 0.29) is 4.90 Å². The lowest BCUT2D eigenvalue weighted by molar-refractivity contribution is 0.601. The van der Waals surface area contributed by atoms with E-state index in [4.69, 9.17) is 11.6 Å². The van der Waals surface area contributed by atoms with Gasteiger partial charge in [0, 0.05) is 28.1 Å². The maximum absolute atomic E-state index is 12.6. The fourth-order valence-corrected chi connectivity index (χ4v) is 4.16. The van der Waals surface area contributed by atoms with Crippen molar-refractivity contribution < 1.29 is 8.42 Å². The third-order valence-electron chi connectivity index (χ3n) is 3.95. The van der Waals surface area contributed by atoms with E-state index >= 15 is 0 Å². The molecule has 8 heteroatoms. The average Bonchev–Trinajstić information content (AvgIpc) is 3.05. The van der Waals surface area contributed by atoms with Crippen LogP contribution in [-0.2, 0) is 10.0 Å². The second kappa shape index (κ2) is 6.99. The Kier molecular flexibility index (Phi) is 4.67. The van der Waals surface area contributed by atoms with Crippen LogP contribution in [0.4, 0.5) is 5.69 Å². The number of fused-ring (bicyclic) bond motifs is 1. The highest BCUT2D eigenvalue weighted by Crippen LogP contribution is 2.25. The zero-order valence-corrected chi connectivity index (χ0v) is 17.0. The van der Waals surface area contributed by atoms with Crippen LogP contribution in [0.1, 0.15) is 0 Å². The van der Waals surface area contributed by atoms with Gasteiger partial charge in [0.1, 0.15) is 5.65 Å². The van der Waals surface area contributed by atoms with Gasteiger partial charge in [-0.25, -0.2) is 13.4 Å². The molecule has 0 amide bonds. The number of nitrogens with one attached hydrogen (secondary N) is 1. The van der Waals surface area contributed by atoms with Crippen LogP contribution in [0.5, 0.6) is 0 Å². The van der Waals surface area contributed by atoms with Crippen LogP contribution in [0, 0.1) is 0 Å². The van der Waals surface area contributed by atoms with Crippen LogP contribution < -0.4 is 4.72 Å². The molecule has 0 aliphatic rings. The van der Waals surface area contributed by atoms with E-state index < -0.39 is 10.0 Å². The van der Waals surface area contributed by atoms with Crippen molar-refractivity contribution in [2.24, 2.45) is 0 Å². The van der Waals surface area contributed by atoms with Crippen LogP contribution in [0.3, 0.4) is 0 Å².